The molecule has 1 N–H and O–H groups in total. The molecule has 3 rings (SSSR count). The number of nitrogens with zero attached hydrogens (tertiary/aromatic N) is 2. The third-order valence-corrected chi connectivity index (χ3v) is 6.21. The van der Waals surface area contributed by atoms with Crippen LogP contribution in [0.1, 0.15) is 40.9 Å². The van der Waals surface area contributed by atoms with Crippen molar-refractivity contribution in [2.24, 2.45) is 0 Å². The highest BCUT2D eigenvalue weighted by atomic mass is 32.1. The number of hydrogen-bond donors (Lipinski definition) is 1. The molecule has 6 heteroatoms. The van der Waals surface area contributed by atoms with E-state index >= 15 is 0 Å². The van der Waals surface area contributed by atoms with Gasteiger partial charge >= 0.3 is 0 Å². The topological polar surface area (TPSA) is 54.5 Å². The minimum atomic E-state index is -0.135. The Bertz CT molecular complexity index is 950. The highest BCUT2D eigenvalue weighted by molar-refractivity contribution is 7.15. The van der Waals surface area contributed by atoms with Gasteiger partial charge in [-0.15, -0.1) is 11.3 Å². The quantitative estimate of drug-likeness (QED) is 0.530. The number of rotatable bonds is 9. The first-order valence-corrected chi connectivity index (χ1v) is 11.1. The SMILES string of the molecule is CCN(CC)C(CNC(=O)c1nc(C)sc1-c1ccccc1)c1ccc(OC)cc1. The molecule has 5 nitrogen and oxygen atoms in total. The summed E-state index contributed by atoms with van der Waals surface area (Å²) in [6.45, 7) is 8.52. The summed E-state index contributed by atoms with van der Waals surface area (Å²) in [4.78, 5) is 20.9. The predicted molar refractivity (Wildman–Crippen MR) is 123 cm³/mol. The lowest BCUT2D eigenvalue weighted by atomic mass is 10.0. The standard InChI is InChI=1S/C24H29N3O2S/c1-5-27(6-2)21(18-12-14-20(29-4)15-13-18)16-25-24(28)22-23(30-17(3)26-22)19-10-8-7-9-11-19/h7-15,21H,5-6,16H2,1-4H3,(H,25,28). The van der Waals surface area contributed by atoms with E-state index in [1.807, 2.05) is 49.4 Å². The summed E-state index contributed by atoms with van der Waals surface area (Å²) in [5.41, 5.74) is 2.66. The molecule has 0 saturated heterocycles. The van der Waals surface area contributed by atoms with Gasteiger partial charge in [-0.2, -0.15) is 0 Å². The van der Waals surface area contributed by atoms with Gasteiger partial charge in [0.2, 0.25) is 0 Å². The second-order valence-corrected chi connectivity index (χ2v) is 8.20. The first-order valence-electron chi connectivity index (χ1n) is 10.3. The van der Waals surface area contributed by atoms with Crippen molar-refractivity contribution >= 4 is 17.2 Å². The molecule has 0 aliphatic heterocycles. The monoisotopic (exact) mass is 423 g/mol. The molecule has 0 bridgehead atoms. The van der Waals surface area contributed by atoms with Crippen LogP contribution < -0.4 is 10.1 Å². The Morgan fingerprint density at radius 2 is 1.77 bits per heavy atom. The van der Waals surface area contributed by atoms with Gasteiger partial charge in [-0.25, -0.2) is 4.98 Å². The van der Waals surface area contributed by atoms with Crippen molar-refractivity contribution in [2.75, 3.05) is 26.7 Å². The maximum Gasteiger partial charge on any atom is 0.271 e. The number of carbonyl (C=O) groups is 1. The van der Waals surface area contributed by atoms with E-state index in [2.05, 4.69) is 41.2 Å². The summed E-state index contributed by atoms with van der Waals surface area (Å²) < 4.78 is 5.29. The molecule has 1 amide bonds. The van der Waals surface area contributed by atoms with Crippen molar-refractivity contribution in [3.05, 3.63) is 70.9 Å². The largest absolute Gasteiger partial charge is 0.497 e. The lowest BCUT2D eigenvalue weighted by Crippen LogP contribution is -2.38. The van der Waals surface area contributed by atoms with Crippen molar-refractivity contribution in [3.8, 4) is 16.2 Å². The van der Waals surface area contributed by atoms with Gasteiger partial charge in [0, 0.05) is 6.54 Å². The molecule has 0 fully saturated rings. The number of hydrogen-bond acceptors (Lipinski definition) is 5. The summed E-state index contributed by atoms with van der Waals surface area (Å²) in [7, 11) is 1.66. The van der Waals surface area contributed by atoms with Crippen LogP contribution in [0, 0.1) is 6.92 Å². The normalized spacial score (nSPS) is 12.0. The number of thiazole rings is 1. The Hall–Kier alpha value is -2.70. The lowest BCUT2D eigenvalue weighted by molar-refractivity contribution is 0.0931. The zero-order valence-corrected chi connectivity index (χ0v) is 18.8. The van der Waals surface area contributed by atoms with Gasteiger partial charge in [-0.3, -0.25) is 9.69 Å². The maximum absolute atomic E-state index is 13.1. The molecule has 0 spiro atoms. The van der Waals surface area contributed by atoms with Crippen LogP contribution in [0.25, 0.3) is 10.4 Å². The number of aryl methyl sites for hydroxylation is 1. The molecule has 30 heavy (non-hydrogen) atoms. The van der Waals surface area contributed by atoms with E-state index < -0.39 is 0 Å². The molecule has 0 saturated carbocycles. The molecule has 1 aromatic heterocycles. The van der Waals surface area contributed by atoms with Crippen LogP contribution >= 0.6 is 11.3 Å². The van der Waals surface area contributed by atoms with Gasteiger partial charge in [0.15, 0.2) is 0 Å². The van der Waals surface area contributed by atoms with Crippen molar-refractivity contribution in [2.45, 2.75) is 26.8 Å². The minimum absolute atomic E-state index is 0.0785. The third kappa shape index (κ3) is 5.07. The Morgan fingerprint density at radius 3 is 2.37 bits per heavy atom. The first-order chi connectivity index (χ1) is 14.6. The van der Waals surface area contributed by atoms with Crippen LogP contribution in [0.5, 0.6) is 5.75 Å². The summed E-state index contributed by atoms with van der Waals surface area (Å²) in [6.07, 6.45) is 0. The average Bonchev–Trinajstić information content (AvgIpc) is 3.19. The van der Waals surface area contributed by atoms with E-state index in [9.17, 15) is 4.79 Å². The Balaban J connectivity index is 1.81. The zero-order chi connectivity index (χ0) is 21.5. The number of methoxy groups -OCH3 is 1. The van der Waals surface area contributed by atoms with E-state index in [1.54, 1.807) is 18.4 Å². The number of benzene rings is 2. The molecular weight excluding hydrogens is 394 g/mol. The number of nitrogens with one attached hydrogen (secondary N) is 1. The molecule has 0 aliphatic rings. The maximum atomic E-state index is 13.1. The van der Waals surface area contributed by atoms with Crippen LogP contribution in [-0.2, 0) is 0 Å². The number of aromatic nitrogens is 1. The summed E-state index contributed by atoms with van der Waals surface area (Å²) >= 11 is 1.55. The number of amides is 1. The van der Waals surface area contributed by atoms with E-state index in [0.29, 0.717) is 12.2 Å². The van der Waals surface area contributed by atoms with Crippen LogP contribution in [-0.4, -0.2) is 42.5 Å². The summed E-state index contributed by atoms with van der Waals surface area (Å²) in [6, 6.07) is 18.1. The molecular formula is C24H29N3O2S. The smallest absolute Gasteiger partial charge is 0.271 e. The van der Waals surface area contributed by atoms with E-state index in [-0.39, 0.29) is 11.9 Å². The third-order valence-electron chi connectivity index (χ3n) is 5.19. The van der Waals surface area contributed by atoms with Gasteiger partial charge in [-0.1, -0.05) is 56.3 Å². The van der Waals surface area contributed by atoms with Gasteiger partial charge < -0.3 is 10.1 Å². The zero-order valence-electron chi connectivity index (χ0n) is 18.0. The average molecular weight is 424 g/mol. The highest BCUT2D eigenvalue weighted by Gasteiger charge is 2.22. The fraction of sp³-hybridized carbons (Fsp3) is 0.333. The molecule has 3 aromatic rings. The van der Waals surface area contributed by atoms with E-state index in [1.165, 1.54) is 0 Å². The molecule has 0 aliphatic carbocycles. The molecule has 1 heterocycles. The van der Waals surface area contributed by atoms with Crippen molar-refractivity contribution in [1.82, 2.24) is 15.2 Å². The second-order valence-electron chi connectivity index (χ2n) is 7.00. The Kier molecular flexibility index (Phi) is 7.60. The van der Waals surface area contributed by atoms with Gasteiger partial charge in [-0.05, 0) is 43.3 Å². The van der Waals surface area contributed by atoms with Crippen molar-refractivity contribution < 1.29 is 9.53 Å². The van der Waals surface area contributed by atoms with Crippen molar-refractivity contribution in [3.63, 3.8) is 0 Å². The lowest BCUT2D eigenvalue weighted by Gasteiger charge is -2.30. The second kappa shape index (κ2) is 10.4. The van der Waals surface area contributed by atoms with Crippen molar-refractivity contribution in [1.29, 1.82) is 0 Å². The van der Waals surface area contributed by atoms with Gasteiger partial charge in [0.05, 0.1) is 23.0 Å². The Labute approximate surface area is 182 Å². The van der Waals surface area contributed by atoms with E-state index in [4.69, 9.17) is 4.74 Å². The first kappa shape index (κ1) is 22.0. The Morgan fingerprint density at radius 1 is 1.10 bits per heavy atom. The number of ether oxygens (including phenoxy) is 1. The molecule has 0 radical (unpaired) electrons. The molecule has 1 unspecified atom stereocenters. The van der Waals surface area contributed by atoms with Gasteiger partial charge in [0.25, 0.3) is 5.91 Å². The van der Waals surface area contributed by atoms with E-state index in [0.717, 1.165) is 39.9 Å². The molecule has 1 atom stereocenters. The summed E-state index contributed by atoms with van der Waals surface area (Å²) in [5, 5.41) is 4.01. The van der Waals surface area contributed by atoms with Crippen LogP contribution in [0.4, 0.5) is 0 Å². The van der Waals surface area contributed by atoms with Crippen LogP contribution in [0.15, 0.2) is 54.6 Å². The minimum Gasteiger partial charge on any atom is -0.497 e. The summed E-state index contributed by atoms with van der Waals surface area (Å²) in [5.74, 6) is 0.690. The highest BCUT2D eigenvalue weighted by Crippen LogP contribution is 2.30. The predicted octanol–water partition coefficient (Wildman–Crippen LogP) is 4.94. The fourth-order valence-electron chi connectivity index (χ4n) is 3.59. The molecule has 158 valence electrons. The van der Waals surface area contributed by atoms with Crippen LogP contribution in [0.2, 0.25) is 0 Å². The molecule has 2 aromatic carbocycles. The number of carbonyl (C=O) groups excluding carboxylic acids is 1. The van der Waals surface area contributed by atoms with Gasteiger partial charge in [0.1, 0.15) is 11.4 Å². The van der Waals surface area contributed by atoms with Crippen LogP contribution in [0.3, 0.4) is 0 Å². The number of likely N-dealkylation sites (N-methyl/N-ethyl adjacent to an activating group) is 1. The fourth-order valence-corrected chi connectivity index (χ4v) is 4.51.